The third-order valence-electron chi connectivity index (χ3n) is 2.80. The Labute approximate surface area is 110 Å². The van der Waals surface area contributed by atoms with Crippen molar-refractivity contribution in [2.45, 2.75) is 6.92 Å². The largest absolute Gasteiger partial charge is 0.495 e. The highest BCUT2D eigenvalue weighted by molar-refractivity contribution is 5.90. The van der Waals surface area contributed by atoms with Gasteiger partial charge in [0.15, 0.2) is 0 Å². The molecular weight excluding hydrogens is 244 g/mol. The predicted octanol–water partition coefficient (Wildman–Crippen LogP) is 2.36. The molecule has 2 rings (SSSR count). The molecule has 0 saturated heterocycles. The molecule has 0 aliphatic heterocycles. The van der Waals surface area contributed by atoms with Gasteiger partial charge in [-0.05, 0) is 30.7 Å². The Balaban J connectivity index is 2.73. The van der Waals surface area contributed by atoms with Crippen molar-refractivity contribution in [2.24, 2.45) is 0 Å². The topological polar surface area (TPSA) is 75.2 Å². The molecule has 0 aliphatic carbocycles. The predicted molar refractivity (Wildman–Crippen MR) is 68.7 cm³/mol. The van der Waals surface area contributed by atoms with Gasteiger partial charge >= 0.3 is 5.97 Å². The van der Waals surface area contributed by atoms with E-state index in [0.717, 1.165) is 5.56 Å². The minimum absolute atomic E-state index is 0.0635. The number of hydrogen-bond donors (Lipinski definition) is 1. The van der Waals surface area contributed by atoms with Gasteiger partial charge in [-0.3, -0.25) is 0 Å². The summed E-state index contributed by atoms with van der Waals surface area (Å²) in [7, 11) is 1.52. The smallest absolute Gasteiger partial charge is 0.354 e. The van der Waals surface area contributed by atoms with Crippen LogP contribution in [0, 0.1) is 18.3 Å². The van der Waals surface area contributed by atoms with Crippen molar-refractivity contribution in [1.29, 1.82) is 5.26 Å². The molecule has 1 aromatic carbocycles. The van der Waals surface area contributed by atoms with Crippen molar-refractivity contribution >= 4 is 5.97 Å². The van der Waals surface area contributed by atoms with E-state index in [1.807, 2.05) is 25.1 Å². The van der Waals surface area contributed by atoms with Crippen LogP contribution in [-0.4, -0.2) is 22.8 Å². The van der Waals surface area contributed by atoms with Gasteiger partial charge in [-0.2, -0.15) is 5.26 Å². The molecule has 0 amide bonds. The second-order valence-corrected chi connectivity index (χ2v) is 4.04. The number of hydrogen-bond acceptors (Lipinski definition) is 3. The van der Waals surface area contributed by atoms with Crippen LogP contribution in [0.4, 0.5) is 0 Å². The maximum Gasteiger partial charge on any atom is 0.354 e. The molecule has 0 radical (unpaired) electrons. The number of nitriles is 1. The monoisotopic (exact) mass is 256 g/mol. The van der Waals surface area contributed by atoms with E-state index < -0.39 is 5.97 Å². The number of methoxy groups -OCH3 is 1. The van der Waals surface area contributed by atoms with Crippen LogP contribution in [0.5, 0.6) is 5.75 Å². The van der Waals surface area contributed by atoms with Crippen LogP contribution in [0.15, 0.2) is 30.5 Å². The molecule has 1 N–H and O–H groups in total. The molecule has 0 saturated carbocycles. The molecular formula is C14H12N2O3. The molecule has 1 heterocycles. The normalized spacial score (nSPS) is 9.95. The average Bonchev–Trinajstić information content (AvgIpc) is 2.82. The van der Waals surface area contributed by atoms with Crippen LogP contribution in [0.25, 0.3) is 5.69 Å². The molecule has 0 atom stereocenters. The van der Waals surface area contributed by atoms with E-state index in [4.69, 9.17) is 10.00 Å². The van der Waals surface area contributed by atoms with Crippen LogP contribution in [0.3, 0.4) is 0 Å². The number of aromatic nitrogens is 1. The lowest BCUT2D eigenvalue weighted by atomic mass is 10.2. The van der Waals surface area contributed by atoms with E-state index in [-0.39, 0.29) is 11.3 Å². The fraction of sp³-hybridized carbons (Fsp3) is 0.143. The fourth-order valence-corrected chi connectivity index (χ4v) is 1.93. The summed E-state index contributed by atoms with van der Waals surface area (Å²) < 4.78 is 6.69. The van der Waals surface area contributed by atoms with E-state index >= 15 is 0 Å². The van der Waals surface area contributed by atoms with Gasteiger partial charge in [0.25, 0.3) is 0 Å². The molecule has 0 fully saturated rings. The SMILES string of the molecule is COc1ccc(C)cc1-n1ccc(C#N)c1C(=O)O. The van der Waals surface area contributed by atoms with Gasteiger partial charge in [0.05, 0.1) is 18.4 Å². The zero-order valence-corrected chi connectivity index (χ0v) is 10.5. The minimum atomic E-state index is -1.15. The van der Waals surface area contributed by atoms with Crippen LogP contribution >= 0.6 is 0 Å². The third kappa shape index (κ3) is 2.16. The van der Waals surface area contributed by atoms with Crippen molar-refractivity contribution in [2.75, 3.05) is 7.11 Å². The number of nitrogens with zero attached hydrogens (tertiary/aromatic N) is 2. The number of carboxylic acids is 1. The number of aromatic carboxylic acids is 1. The number of benzene rings is 1. The Hall–Kier alpha value is -2.74. The molecule has 19 heavy (non-hydrogen) atoms. The van der Waals surface area contributed by atoms with Crippen LogP contribution in [0.2, 0.25) is 0 Å². The summed E-state index contributed by atoms with van der Waals surface area (Å²) in [6.07, 6.45) is 1.55. The number of rotatable bonds is 3. The van der Waals surface area contributed by atoms with Crippen LogP contribution < -0.4 is 4.74 Å². The summed E-state index contributed by atoms with van der Waals surface area (Å²) >= 11 is 0. The quantitative estimate of drug-likeness (QED) is 0.914. The first-order valence-electron chi connectivity index (χ1n) is 5.58. The maximum absolute atomic E-state index is 11.3. The van der Waals surface area contributed by atoms with Gasteiger partial charge in [-0.25, -0.2) is 4.79 Å². The minimum Gasteiger partial charge on any atom is -0.495 e. The Bertz CT molecular complexity index is 680. The molecule has 0 spiro atoms. The van der Waals surface area contributed by atoms with Gasteiger partial charge in [0, 0.05) is 6.20 Å². The highest BCUT2D eigenvalue weighted by atomic mass is 16.5. The van der Waals surface area contributed by atoms with Gasteiger partial charge < -0.3 is 14.4 Å². The van der Waals surface area contributed by atoms with Crippen LogP contribution in [0.1, 0.15) is 21.6 Å². The number of carbonyl (C=O) groups is 1. The highest BCUT2D eigenvalue weighted by Gasteiger charge is 2.19. The van der Waals surface area contributed by atoms with Gasteiger partial charge in [-0.15, -0.1) is 0 Å². The molecule has 5 nitrogen and oxygen atoms in total. The number of aryl methyl sites for hydroxylation is 1. The van der Waals surface area contributed by atoms with Crippen LogP contribution in [-0.2, 0) is 0 Å². The van der Waals surface area contributed by atoms with Gasteiger partial charge in [-0.1, -0.05) is 6.07 Å². The summed E-state index contributed by atoms with van der Waals surface area (Å²) in [5.41, 5.74) is 1.63. The molecule has 5 heteroatoms. The highest BCUT2D eigenvalue weighted by Crippen LogP contribution is 2.27. The first-order chi connectivity index (χ1) is 9.08. The molecule has 0 unspecified atom stereocenters. The van der Waals surface area contributed by atoms with Crippen molar-refractivity contribution in [3.63, 3.8) is 0 Å². The molecule has 96 valence electrons. The van der Waals surface area contributed by atoms with E-state index in [2.05, 4.69) is 0 Å². The number of ether oxygens (including phenoxy) is 1. The fourth-order valence-electron chi connectivity index (χ4n) is 1.93. The van der Waals surface area contributed by atoms with Gasteiger partial charge in [0.1, 0.15) is 17.5 Å². The lowest BCUT2D eigenvalue weighted by Gasteiger charge is -2.12. The van der Waals surface area contributed by atoms with E-state index in [9.17, 15) is 9.90 Å². The second-order valence-electron chi connectivity index (χ2n) is 4.04. The number of carboxylic acid groups (broad SMARTS) is 1. The van der Waals surface area contributed by atoms with Crippen molar-refractivity contribution in [3.8, 4) is 17.5 Å². The molecule has 0 bridgehead atoms. The van der Waals surface area contributed by atoms with Gasteiger partial charge in [0.2, 0.25) is 0 Å². The summed E-state index contributed by atoms with van der Waals surface area (Å²) in [4.78, 5) is 11.3. The summed E-state index contributed by atoms with van der Waals surface area (Å²) in [6.45, 7) is 1.90. The Morgan fingerprint density at radius 3 is 2.74 bits per heavy atom. The molecule has 2 aromatic rings. The Morgan fingerprint density at radius 1 is 1.42 bits per heavy atom. The lowest BCUT2D eigenvalue weighted by molar-refractivity contribution is 0.0688. The maximum atomic E-state index is 11.3. The van der Waals surface area contributed by atoms with E-state index in [1.54, 1.807) is 12.3 Å². The summed E-state index contributed by atoms with van der Waals surface area (Å²) in [5, 5.41) is 18.2. The van der Waals surface area contributed by atoms with E-state index in [1.165, 1.54) is 17.7 Å². The standard InChI is InChI=1S/C14H12N2O3/c1-9-3-4-12(19-2)11(7-9)16-6-5-10(8-15)13(16)14(17)18/h3-7H,1-2H3,(H,17,18). The average molecular weight is 256 g/mol. The summed E-state index contributed by atoms with van der Waals surface area (Å²) in [5.74, 6) is -0.599. The Kier molecular flexibility index (Phi) is 3.25. The first kappa shape index (κ1) is 12.7. The first-order valence-corrected chi connectivity index (χ1v) is 5.58. The van der Waals surface area contributed by atoms with Crippen molar-refractivity contribution in [3.05, 3.63) is 47.3 Å². The van der Waals surface area contributed by atoms with Crippen molar-refractivity contribution < 1.29 is 14.6 Å². The lowest BCUT2D eigenvalue weighted by Crippen LogP contribution is -2.09. The van der Waals surface area contributed by atoms with Crippen molar-refractivity contribution in [1.82, 2.24) is 4.57 Å². The van der Waals surface area contributed by atoms with E-state index in [0.29, 0.717) is 11.4 Å². The zero-order chi connectivity index (χ0) is 14.0. The second kappa shape index (κ2) is 4.86. The molecule has 1 aromatic heterocycles. The Morgan fingerprint density at radius 2 is 2.16 bits per heavy atom. The zero-order valence-electron chi connectivity index (χ0n) is 10.5. The third-order valence-corrected chi connectivity index (χ3v) is 2.80. The summed E-state index contributed by atoms with van der Waals surface area (Å²) in [6, 6.07) is 8.80. The molecule has 0 aliphatic rings.